The molecule has 0 heterocycles. The molecule has 3 heteroatoms. The molecule has 0 unspecified atom stereocenters. The maximum Gasteiger partial charge on any atom is 0.508 e. The molecule has 0 saturated heterocycles. The molecule has 58 valence electrons. The molecule has 10 heavy (non-hydrogen) atoms. The Hall–Kier alpha value is -0.990. The van der Waals surface area contributed by atoms with Gasteiger partial charge in [0, 0.05) is 0 Å². The first-order chi connectivity index (χ1) is 4.81. The molecule has 0 amide bonds. The fourth-order valence-electron chi connectivity index (χ4n) is 0.410. The molecule has 0 atom stereocenters. The topological polar surface area (TPSA) is 35.5 Å². The van der Waals surface area contributed by atoms with E-state index in [4.69, 9.17) is 0 Å². The van der Waals surface area contributed by atoms with E-state index in [0.717, 1.165) is 6.42 Å². The van der Waals surface area contributed by atoms with E-state index in [1.807, 2.05) is 13.0 Å². The Morgan fingerprint density at radius 1 is 1.50 bits per heavy atom. The van der Waals surface area contributed by atoms with Crippen LogP contribution in [-0.2, 0) is 9.47 Å². The molecule has 0 aliphatic rings. The summed E-state index contributed by atoms with van der Waals surface area (Å²) in [7, 11) is 1.28. The lowest BCUT2D eigenvalue weighted by Crippen LogP contribution is -2.03. The molecule has 0 aromatic rings. The summed E-state index contributed by atoms with van der Waals surface area (Å²) in [6.07, 6.45) is 4.01. The van der Waals surface area contributed by atoms with E-state index in [9.17, 15) is 4.79 Å². The monoisotopic (exact) mass is 144 g/mol. The zero-order valence-electron chi connectivity index (χ0n) is 6.29. The molecule has 0 spiro atoms. The van der Waals surface area contributed by atoms with Gasteiger partial charge in [0.1, 0.15) is 6.61 Å². The van der Waals surface area contributed by atoms with E-state index in [1.165, 1.54) is 7.11 Å². The molecule has 0 aliphatic carbocycles. The van der Waals surface area contributed by atoms with Gasteiger partial charge in [0.25, 0.3) is 0 Å². The lowest BCUT2D eigenvalue weighted by atomic mass is 10.4. The first-order valence-corrected chi connectivity index (χ1v) is 3.17. The Morgan fingerprint density at radius 2 is 2.20 bits per heavy atom. The van der Waals surface area contributed by atoms with Crippen LogP contribution in [0.1, 0.15) is 13.3 Å². The van der Waals surface area contributed by atoms with Gasteiger partial charge < -0.3 is 9.47 Å². The van der Waals surface area contributed by atoms with Crippen molar-refractivity contribution < 1.29 is 14.3 Å². The summed E-state index contributed by atoms with van der Waals surface area (Å²) in [4.78, 5) is 10.3. The fourth-order valence-corrected chi connectivity index (χ4v) is 0.410. The first kappa shape index (κ1) is 9.01. The number of ether oxygens (including phenoxy) is 2. The number of hydrogen-bond acceptors (Lipinski definition) is 3. The average molecular weight is 144 g/mol. The Labute approximate surface area is 60.6 Å². The number of hydrogen-bond donors (Lipinski definition) is 0. The van der Waals surface area contributed by atoms with Gasteiger partial charge in [0.15, 0.2) is 0 Å². The summed E-state index contributed by atoms with van der Waals surface area (Å²) < 4.78 is 8.78. The minimum Gasteiger partial charge on any atom is -0.438 e. The van der Waals surface area contributed by atoms with Crippen LogP contribution in [0, 0.1) is 0 Å². The van der Waals surface area contributed by atoms with Crippen LogP contribution in [0.15, 0.2) is 12.2 Å². The van der Waals surface area contributed by atoms with Gasteiger partial charge in [-0.15, -0.1) is 0 Å². The van der Waals surface area contributed by atoms with Crippen LogP contribution >= 0.6 is 0 Å². The zero-order valence-corrected chi connectivity index (χ0v) is 6.29. The Kier molecular flexibility index (Phi) is 5.53. The molecular weight excluding hydrogens is 132 g/mol. The van der Waals surface area contributed by atoms with Gasteiger partial charge in [-0.1, -0.05) is 19.1 Å². The number of carbonyl (C=O) groups excluding carboxylic acids is 1. The van der Waals surface area contributed by atoms with E-state index < -0.39 is 6.16 Å². The van der Waals surface area contributed by atoms with E-state index in [-0.39, 0.29) is 0 Å². The standard InChI is InChI=1S/C7H12O3/c1-3-4-5-6-10-7(8)9-2/h4-5H,3,6H2,1-2H3. The van der Waals surface area contributed by atoms with E-state index in [1.54, 1.807) is 6.08 Å². The molecule has 0 aliphatic heterocycles. The predicted molar refractivity (Wildman–Crippen MR) is 37.8 cm³/mol. The maximum absolute atomic E-state index is 10.3. The summed E-state index contributed by atoms with van der Waals surface area (Å²) >= 11 is 0. The third kappa shape index (κ3) is 5.15. The van der Waals surface area contributed by atoms with Gasteiger partial charge in [-0.25, -0.2) is 4.79 Å². The van der Waals surface area contributed by atoms with Crippen molar-refractivity contribution in [2.75, 3.05) is 13.7 Å². The van der Waals surface area contributed by atoms with Gasteiger partial charge >= 0.3 is 6.16 Å². The number of methoxy groups -OCH3 is 1. The van der Waals surface area contributed by atoms with Gasteiger partial charge in [0.05, 0.1) is 7.11 Å². The SMILES string of the molecule is CCC=CCOC(=O)OC. The molecular formula is C7H12O3. The first-order valence-electron chi connectivity index (χ1n) is 3.17. The van der Waals surface area contributed by atoms with Crippen molar-refractivity contribution in [3.05, 3.63) is 12.2 Å². The summed E-state index contributed by atoms with van der Waals surface area (Å²) in [5.41, 5.74) is 0. The smallest absolute Gasteiger partial charge is 0.438 e. The van der Waals surface area contributed by atoms with E-state index >= 15 is 0 Å². The minimum atomic E-state index is -0.638. The van der Waals surface area contributed by atoms with E-state index in [2.05, 4.69) is 9.47 Å². The van der Waals surface area contributed by atoms with E-state index in [0.29, 0.717) is 6.61 Å². The van der Waals surface area contributed by atoms with Crippen molar-refractivity contribution in [1.29, 1.82) is 0 Å². The Morgan fingerprint density at radius 3 is 2.70 bits per heavy atom. The van der Waals surface area contributed by atoms with Crippen LogP contribution in [0.2, 0.25) is 0 Å². The number of carbonyl (C=O) groups is 1. The van der Waals surface area contributed by atoms with Gasteiger partial charge in [0.2, 0.25) is 0 Å². The molecule has 0 aromatic carbocycles. The van der Waals surface area contributed by atoms with Gasteiger partial charge in [-0.3, -0.25) is 0 Å². The van der Waals surface area contributed by atoms with Gasteiger partial charge in [-0.05, 0) is 6.42 Å². The van der Waals surface area contributed by atoms with Crippen molar-refractivity contribution in [2.24, 2.45) is 0 Å². The van der Waals surface area contributed by atoms with Crippen molar-refractivity contribution in [2.45, 2.75) is 13.3 Å². The maximum atomic E-state index is 10.3. The highest BCUT2D eigenvalue weighted by atomic mass is 16.7. The van der Waals surface area contributed by atoms with Crippen LogP contribution in [0.3, 0.4) is 0 Å². The average Bonchev–Trinajstić information content (AvgIpc) is 1.98. The third-order valence-corrected chi connectivity index (χ3v) is 0.866. The summed E-state index contributed by atoms with van der Waals surface area (Å²) in [5, 5.41) is 0. The highest BCUT2D eigenvalue weighted by Crippen LogP contribution is 1.84. The predicted octanol–water partition coefficient (Wildman–Crippen LogP) is 1.74. The summed E-state index contributed by atoms with van der Waals surface area (Å²) in [6.45, 7) is 2.30. The minimum absolute atomic E-state index is 0.292. The Balaban J connectivity index is 3.19. The highest BCUT2D eigenvalue weighted by molar-refractivity contribution is 5.59. The van der Waals surface area contributed by atoms with Crippen molar-refractivity contribution in [3.63, 3.8) is 0 Å². The summed E-state index contributed by atoms with van der Waals surface area (Å²) in [5.74, 6) is 0. The lowest BCUT2D eigenvalue weighted by Gasteiger charge is -1.96. The molecule has 0 fully saturated rings. The third-order valence-electron chi connectivity index (χ3n) is 0.866. The zero-order chi connectivity index (χ0) is 7.82. The molecule has 0 rings (SSSR count). The van der Waals surface area contributed by atoms with Crippen LogP contribution in [0.5, 0.6) is 0 Å². The van der Waals surface area contributed by atoms with Crippen molar-refractivity contribution in [1.82, 2.24) is 0 Å². The van der Waals surface area contributed by atoms with Crippen LogP contribution in [0.25, 0.3) is 0 Å². The van der Waals surface area contributed by atoms with Crippen molar-refractivity contribution >= 4 is 6.16 Å². The molecule has 0 bridgehead atoms. The lowest BCUT2D eigenvalue weighted by molar-refractivity contribution is 0.0817. The molecule has 0 aromatic heterocycles. The molecule has 3 nitrogen and oxygen atoms in total. The highest BCUT2D eigenvalue weighted by Gasteiger charge is 1.94. The van der Waals surface area contributed by atoms with Crippen LogP contribution in [-0.4, -0.2) is 19.9 Å². The Bertz CT molecular complexity index is 118. The fraction of sp³-hybridized carbons (Fsp3) is 0.571. The number of rotatable bonds is 3. The van der Waals surface area contributed by atoms with Gasteiger partial charge in [-0.2, -0.15) is 0 Å². The number of allylic oxidation sites excluding steroid dienone is 1. The molecule has 0 N–H and O–H groups in total. The van der Waals surface area contributed by atoms with Crippen molar-refractivity contribution in [3.8, 4) is 0 Å². The van der Waals surface area contributed by atoms with Crippen LogP contribution in [0.4, 0.5) is 4.79 Å². The second-order valence-electron chi connectivity index (χ2n) is 1.64. The molecule has 0 saturated carbocycles. The second kappa shape index (κ2) is 6.13. The normalized spacial score (nSPS) is 9.80. The molecule has 0 radical (unpaired) electrons. The largest absolute Gasteiger partial charge is 0.508 e. The van der Waals surface area contributed by atoms with Crippen LogP contribution < -0.4 is 0 Å². The summed E-state index contributed by atoms with van der Waals surface area (Å²) in [6, 6.07) is 0. The quantitative estimate of drug-likeness (QED) is 0.447. The second-order valence-corrected chi connectivity index (χ2v) is 1.64.